The van der Waals surface area contributed by atoms with Crippen molar-refractivity contribution in [3.05, 3.63) is 87.4 Å². The number of benzene rings is 3. The number of nitrogens with one attached hydrogen (secondary N) is 1. The first kappa shape index (κ1) is 21.7. The summed E-state index contributed by atoms with van der Waals surface area (Å²) < 4.78 is 47.7. The average Bonchev–Trinajstić information content (AvgIpc) is 2.72. The zero-order valence-corrected chi connectivity index (χ0v) is 17.9. The minimum atomic E-state index is -4.76. The van der Waals surface area contributed by atoms with E-state index in [2.05, 4.69) is 10.1 Å². The van der Waals surface area contributed by atoms with Gasteiger partial charge in [0.1, 0.15) is 11.5 Å². The third kappa shape index (κ3) is 4.86. The van der Waals surface area contributed by atoms with Gasteiger partial charge in [-0.3, -0.25) is 0 Å². The molecule has 1 aliphatic rings. The molecule has 2 unspecified atom stereocenters. The Bertz CT molecular complexity index is 1090. The fourth-order valence-corrected chi connectivity index (χ4v) is 4.45. The fourth-order valence-electron chi connectivity index (χ4n) is 3.91. The molecule has 0 spiro atoms. The summed E-state index contributed by atoms with van der Waals surface area (Å²) in [6, 6.07) is 17.0. The van der Waals surface area contributed by atoms with E-state index in [0.29, 0.717) is 27.8 Å². The lowest BCUT2D eigenvalue weighted by molar-refractivity contribution is -0.274. The normalized spacial score (nSPS) is 18.1. The standard InChI is InChI=1S/C23H18Cl2F3NO2/c1-30-15-5-2-13(3-6-15)18-12-22(17-8-4-14(24)10-20(17)25)29-21-9-7-16(11-19(18)21)31-23(26,27)28/h2-11,18,22,29H,12H2,1H3. The maximum atomic E-state index is 12.8. The van der Waals surface area contributed by atoms with Crippen LogP contribution in [0.5, 0.6) is 11.5 Å². The van der Waals surface area contributed by atoms with Gasteiger partial charge in [-0.05, 0) is 65.6 Å². The van der Waals surface area contributed by atoms with Gasteiger partial charge in [0.2, 0.25) is 0 Å². The molecular formula is C23H18Cl2F3NO2. The van der Waals surface area contributed by atoms with Crippen LogP contribution in [0.2, 0.25) is 10.0 Å². The summed E-state index contributed by atoms with van der Waals surface area (Å²) in [7, 11) is 1.58. The molecule has 1 N–H and O–H groups in total. The van der Waals surface area contributed by atoms with Crippen LogP contribution in [0.3, 0.4) is 0 Å². The van der Waals surface area contributed by atoms with Crippen molar-refractivity contribution < 1.29 is 22.6 Å². The van der Waals surface area contributed by atoms with Crippen LogP contribution >= 0.6 is 23.2 Å². The van der Waals surface area contributed by atoms with Crippen molar-refractivity contribution in [2.75, 3.05) is 12.4 Å². The molecule has 0 amide bonds. The molecule has 4 rings (SSSR count). The molecule has 3 aromatic rings. The van der Waals surface area contributed by atoms with Gasteiger partial charge in [-0.2, -0.15) is 0 Å². The molecule has 0 bridgehead atoms. The number of fused-ring (bicyclic) bond motifs is 1. The van der Waals surface area contributed by atoms with Crippen molar-refractivity contribution in [1.82, 2.24) is 0 Å². The van der Waals surface area contributed by atoms with Gasteiger partial charge < -0.3 is 14.8 Å². The average molecular weight is 468 g/mol. The van der Waals surface area contributed by atoms with E-state index in [1.165, 1.54) is 12.1 Å². The molecule has 8 heteroatoms. The molecule has 0 saturated carbocycles. The highest BCUT2D eigenvalue weighted by Gasteiger charge is 2.34. The first-order valence-corrected chi connectivity index (χ1v) is 10.2. The Labute approximate surface area is 187 Å². The van der Waals surface area contributed by atoms with Gasteiger partial charge in [0.05, 0.1) is 13.2 Å². The van der Waals surface area contributed by atoms with Crippen LogP contribution in [0.15, 0.2) is 60.7 Å². The second kappa shape index (κ2) is 8.52. The van der Waals surface area contributed by atoms with E-state index in [4.69, 9.17) is 27.9 Å². The molecule has 2 atom stereocenters. The molecule has 0 radical (unpaired) electrons. The molecule has 162 valence electrons. The molecule has 0 saturated heterocycles. The number of methoxy groups -OCH3 is 1. The fraction of sp³-hybridized carbons (Fsp3) is 0.217. The topological polar surface area (TPSA) is 30.5 Å². The highest BCUT2D eigenvalue weighted by molar-refractivity contribution is 6.35. The predicted molar refractivity (Wildman–Crippen MR) is 115 cm³/mol. The third-order valence-corrected chi connectivity index (χ3v) is 5.85. The number of hydrogen-bond donors (Lipinski definition) is 1. The van der Waals surface area contributed by atoms with Crippen LogP contribution in [0.4, 0.5) is 18.9 Å². The second-order valence-corrected chi connectivity index (χ2v) is 8.06. The van der Waals surface area contributed by atoms with Crippen LogP contribution in [0, 0.1) is 0 Å². The van der Waals surface area contributed by atoms with Crippen molar-refractivity contribution >= 4 is 28.9 Å². The Morgan fingerprint density at radius 3 is 2.26 bits per heavy atom. The van der Waals surface area contributed by atoms with Gasteiger partial charge in [0, 0.05) is 21.7 Å². The van der Waals surface area contributed by atoms with E-state index < -0.39 is 6.36 Å². The van der Waals surface area contributed by atoms with E-state index in [-0.39, 0.29) is 17.7 Å². The SMILES string of the molecule is COc1ccc(C2CC(c3ccc(Cl)cc3Cl)Nc3ccc(OC(F)(F)F)cc32)cc1. The zero-order valence-electron chi connectivity index (χ0n) is 16.3. The van der Waals surface area contributed by atoms with Crippen LogP contribution in [-0.4, -0.2) is 13.5 Å². The summed E-state index contributed by atoms with van der Waals surface area (Å²) in [6.07, 6.45) is -4.18. The Hall–Kier alpha value is -2.57. The molecular weight excluding hydrogens is 450 g/mol. The van der Waals surface area contributed by atoms with Crippen LogP contribution in [0.25, 0.3) is 0 Å². The molecule has 31 heavy (non-hydrogen) atoms. The summed E-state index contributed by atoms with van der Waals surface area (Å²) in [6.45, 7) is 0. The Kier molecular flexibility index (Phi) is 5.95. The summed E-state index contributed by atoms with van der Waals surface area (Å²) in [4.78, 5) is 0. The van der Waals surface area contributed by atoms with Gasteiger partial charge in [0.15, 0.2) is 0 Å². The van der Waals surface area contributed by atoms with Crippen molar-refractivity contribution in [1.29, 1.82) is 0 Å². The summed E-state index contributed by atoms with van der Waals surface area (Å²) in [5.74, 6) is 0.259. The Morgan fingerprint density at radius 2 is 1.61 bits per heavy atom. The number of ether oxygens (including phenoxy) is 2. The van der Waals surface area contributed by atoms with Crippen molar-refractivity contribution in [3.63, 3.8) is 0 Å². The summed E-state index contributed by atoms with van der Waals surface area (Å²) in [5, 5.41) is 4.46. The lowest BCUT2D eigenvalue weighted by atomic mass is 9.80. The number of halogens is 5. The van der Waals surface area contributed by atoms with Gasteiger partial charge in [-0.15, -0.1) is 13.2 Å². The summed E-state index contributed by atoms with van der Waals surface area (Å²) >= 11 is 12.5. The molecule has 0 fully saturated rings. The highest BCUT2D eigenvalue weighted by Crippen LogP contribution is 2.46. The maximum Gasteiger partial charge on any atom is 0.573 e. The van der Waals surface area contributed by atoms with E-state index in [1.807, 2.05) is 30.3 Å². The number of alkyl halides is 3. The largest absolute Gasteiger partial charge is 0.573 e. The van der Waals surface area contributed by atoms with E-state index in [0.717, 1.165) is 16.8 Å². The summed E-state index contributed by atoms with van der Waals surface area (Å²) in [5.41, 5.74) is 3.25. The van der Waals surface area contributed by atoms with E-state index in [9.17, 15) is 13.2 Å². The molecule has 0 aromatic heterocycles. The molecule has 1 aliphatic heterocycles. The lowest BCUT2D eigenvalue weighted by Gasteiger charge is -2.34. The van der Waals surface area contributed by atoms with Crippen molar-refractivity contribution in [3.8, 4) is 11.5 Å². The van der Waals surface area contributed by atoms with Gasteiger partial charge >= 0.3 is 6.36 Å². The highest BCUT2D eigenvalue weighted by atomic mass is 35.5. The monoisotopic (exact) mass is 467 g/mol. The first-order valence-electron chi connectivity index (χ1n) is 9.48. The number of rotatable bonds is 4. The van der Waals surface area contributed by atoms with Gasteiger partial charge in [-0.1, -0.05) is 41.4 Å². The first-order chi connectivity index (χ1) is 14.7. The van der Waals surface area contributed by atoms with Crippen LogP contribution in [0.1, 0.15) is 35.1 Å². The second-order valence-electron chi connectivity index (χ2n) is 7.22. The number of anilines is 1. The zero-order chi connectivity index (χ0) is 22.2. The van der Waals surface area contributed by atoms with Crippen molar-refractivity contribution in [2.24, 2.45) is 0 Å². The quantitative estimate of drug-likeness (QED) is 0.428. The van der Waals surface area contributed by atoms with Crippen molar-refractivity contribution in [2.45, 2.75) is 24.7 Å². The Morgan fingerprint density at radius 1 is 0.903 bits per heavy atom. The third-order valence-electron chi connectivity index (χ3n) is 5.29. The molecule has 3 nitrogen and oxygen atoms in total. The van der Waals surface area contributed by atoms with Crippen LogP contribution < -0.4 is 14.8 Å². The Balaban J connectivity index is 1.77. The van der Waals surface area contributed by atoms with E-state index in [1.54, 1.807) is 25.3 Å². The minimum absolute atomic E-state index is 0.154. The van der Waals surface area contributed by atoms with Gasteiger partial charge in [-0.25, -0.2) is 0 Å². The molecule has 0 aliphatic carbocycles. The van der Waals surface area contributed by atoms with Crippen LogP contribution in [-0.2, 0) is 0 Å². The predicted octanol–water partition coefficient (Wildman–Crippen LogP) is 7.59. The minimum Gasteiger partial charge on any atom is -0.497 e. The molecule has 3 aromatic carbocycles. The smallest absolute Gasteiger partial charge is 0.497 e. The number of hydrogen-bond acceptors (Lipinski definition) is 3. The maximum absolute atomic E-state index is 12.8. The molecule has 1 heterocycles. The lowest BCUT2D eigenvalue weighted by Crippen LogP contribution is -2.23. The van der Waals surface area contributed by atoms with Gasteiger partial charge in [0.25, 0.3) is 0 Å². The van der Waals surface area contributed by atoms with E-state index >= 15 is 0 Å².